The van der Waals surface area contributed by atoms with Gasteiger partial charge >= 0.3 is 6.18 Å². The highest BCUT2D eigenvalue weighted by molar-refractivity contribution is 5.27. The minimum absolute atomic E-state index is 0.137. The average molecular weight is 284 g/mol. The molecule has 0 saturated carbocycles. The number of aromatic nitrogens is 3. The van der Waals surface area contributed by atoms with E-state index in [0.29, 0.717) is 11.4 Å². The van der Waals surface area contributed by atoms with Crippen LogP contribution in [-0.2, 0) is 6.18 Å². The highest BCUT2D eigenvalue weighted by Gasteiger charge is 2.30. The van der Waals surface area contributed by atoms with Crippen LogP contribution in [0.5, 0.6) is 0 Å². The predicted molar refractivity (Wildman–Crippen MR) is 67.8 cm³/mol. The molecule has 1 aromatic carbocycles. The van der Waals surface area contributed by atoms with Crippen LogP contribution in [0.1, 0.15) is 42.9 Å². The Morgan fingerprint density at radius 2 is 1.95 bits per heavy atom. The molecule has 1 aromatic heterocycles. The Balaban J connectivity index is 2.11. The second-order valence-corrected chi connectivity index (χ2v) is 4.60. The lowest BCUT2D eigenvalue weighted by Crippen LogP contribution is -2.23. The number of rotatable bonds is 4. The summed E-state index contributed by atoms with van der Waals surface area (Å²) < 4.78 is 38.0. The summed E-state index contributed by atoms with van der Waals surface area (Å²) in [5.41, 5.74) is -0.0674. The van der Waals surface area contributed by atoms with Gasteiger partial charge in [0.2, 0.25) is 0 Å². The maximum absolute atomic E-state index is 12.7. The van der Waals surface area contributed by atoms with Gasteiger partial charge in [-0.15, -0.1) is 0 Å². The molecule has 2 rings (SSSR count). The monoisotopic (exact) mass is 284 g/mol. The van der Waals surface area contributed by atoms with E-state index < -0.39 is 11.7 Å². The van der Waals surface area contributed by atoms with Gasteiger partial charge in [0, 0.05) is 6.04 Å². The molecule has 2 aromatic rings. The first kappa shape index (κ1) is 14.5. The van der Waals surface area contributed by atoms with Crippen molar-refractivity contribution in [2.75, 3.05) is 0 Å². The van der Waals surface area contributed by atoms with E-state index in [1.807, 2.05) is 13.8 Å². The van der Waals surface area contributed by atoms with Crippen molar-refractivity contribution in [1.29, 1.82) is 0 Å². The van der Waals surface area contributed by atoms with Gasteiger partial charge in [0.05, 0.1) is 11.6 Å². The van der Waals surface area contributed by atoms with Gasteiger partial charge in [-0.05, 0) is 31.5 Å². The molecule has 0 amide bonds. The van der Waals surface area contributed by atoms with Crippen LogP contribution in [0.15, 0.2) is 30.6 Å². The van der Waals surface area contributed by atoms with Crippen molar-refractivity contribution in [2.45, 2.75) is 32.1 Å². The molecule has 108 valence electrons. The summed E-state index contributed by atoms with van der Waals surface area (Å²) in [5.74, 6) is 0.642. The number of nitrogens with one attached hydrogen (secondary N) is 2. The standard InChI is InChI=1S/C13H15F3N4/c1-8(19-9(2)12-17-7-18-20-12)10-4-3-5-11(6-10)13(14,15)16/h3-9,19H,1-2H3,(H,17,18,20). The smallest absolute Gasteiger partial charge is 0.301 e. The maximum Gasteiger partial charge on any atom is 0.416 e. The average Bonchev–Trinajstić information content (AvgIpc) is 2.91. The molecule has 4 nitrogen and oxygen atoms in total. The number of halogens is 3. The number of nitrogens with zero attached hydrogens (tertiary/aromatic N) is 2. The summed E-state index contributed by atoms with van der Waals surface area (Å²) in [4.78, 5) is 4.01. The normalized spacial score (nSPS) is 15.1. The molecule has 0 aliphatic rings. The molecular weight excluding hydrogens is 269 g/mol. The van der Waals surface area contributed by atoms with Gasteiger partial charge in [0.1, 0.15) is 12.2 Å². The molecule has 0 fully saturated rings. The number of hydrogen-bond donors (Lipinski definition) is 2. The predicted octanol–water partition coefficient (Wildman–Crippen LogP) is 3.24. The Morgan fingerprint density at radius 1 is 1.20 bits per heavy atom. The minimum Gasteiger partial charge on any atom is -0.301 e. The van der Waals surface area contributed by atoms with Crippen LogP contribution >= 0.6 is 0 Å². The molecule has 0 aliphatic heterocycles. The molecule has 1 heterocycles. The summed E-state index contributed by atoms with van der Waals surface area (Å²) in [7, 11) is 0. The van der Waals surface area contributed by atoms with Crippen LogP contribution in [-0.4, -0.2) is 15.2 Å². The SMILES string of the molecule is CC(NC(C)c1ncn[nH]1)c1cccc(C(F)(F)F)c1. The van der Waals surface area contributed by atoms with E-state index >= 15 is 0 Å². The summed E-state index contributed by atoms with van der Waals surface area (Å²) in [6.07, 6.45) is -2.94. The molecule has 2 atom stereocenters. The van der Waals surface area contributed by atoms with E-state index in [2.05, 4.69) is 20.5 Å². The molecule has 0 spiro atoms. The van der Waals surface area contributed by atoms with Crippen molar-refractivity contribution in [2.24, 2.45) is 0 Å². The van der Waals surface area contributed by atoms with Gasteiger partial charge < -0.3 is 5.32 Å². The molecule has 0 aliphatic carbocycles. The van der Waals surface area contributed by atoms with Crippen molar-refractivity contribution < 1.29 is 13.2 Å². The van der Waals surface area contributed by atoms with E-state index in [4.69, 9.17) is 0 Å². The van der Waals surface area contributed by atoms with E-state index in [1.54, 1.807) is 6.07 Å². The molecule has 7 heteroatoms. The Hall–Kier alpha value is -1.89. The van der Waals surface area contributed by atoms with Gasteiger partial charge in [-0.1, -0.05) is 12.1 Å². The van der Waals surface area contributed by atoms with Crippen molar-refractivity contribution in [3.63, 3.8) is 0 Å². The van der Waals surface area contributed by atoms with Gasteiger partial charge in [-0.3, -0.25) is 5.10 Å². The molecule has 0 saturated heterocycles. The van der Waals surface area contributed by atoms with E-state index in [9.17, 15) is 13.2 Å². The molecule has 2 N–H and O–H groups in total. The number of H-pyrrole nitrogens is 1. The van der Waals surface area contributed by atoms with Crippen molar-refractivity contribution >= 4 is 0 Å². The molecule has 2 unspecified atom stereocenters. The summed E-state index contributed by atoms with van der Waals surface area (Å²) in [5, 5.41) is 9.65. The fourth-order valence-corrected chi connectivity index (χ4v) is 1.96. The zero-order chi connectivity index (χ0) is 14.8. The summed E-state index contributed by atoms with van der Waals surface area (Å²) >= 11 is 0. The van der Waals surface area contributed by atoms with E-state index in [1.165, 1.54) is 12.4 Å². The van der Waals surface area contributed by atoms with Gasteiger partial charge in [-0.2, -0.15) is 18.3 Å². The first-order valence-corrected chi connectivity index (χ1v) is 6.16. The molecule has 0 radical (unpaired) electrons. The second-order valence-electron chi connectivity index (χ2n) is 4.60. The highest BCUT2D eigenvalue weighted by Crippen LogP contribution is 2.31. The van der Waals surface area contributed by atoms with Crippen molar-refractivity contribution in [3.05, 3.63) is 47.5 Å². The van der Waals surface area contributed by atoms with Crippen LogP contribution < -0.4 is 5.32 Å². The molecule has 0 bridgehead atoms. The largest absolute Gasteiger partial charge is 0.416 e. The van der Waals surface area contributed by atoms with Crippen molar-refractivity contribution in [1.82, 2.24) is 20.5 Å². The van der Waals surface area contributed by atoms with Crippen molar-refractivity contribution in [3.8, 4) is 0 Å². The van der Waals surface area contributed by atoms with E-state index in [0.717, 1.165) is 12.1 Å². The number of hydrogen-bond acceptors (Lipinski definition) is 3. The second kappa shape index (κ2) is 5.62. The lowest BCUT2D eigenvalue weighted by molar-refractivity contribution is -0.137. The maximum atomic E-state index is 12.7. The Labute approximate surface area is 114 Å². The fourth-order valence-electron chi connectivity index (χ4n) is 1.96. The van der Waals surface area contributed by atoms with Gasteiger partial charge in [-0.25, -0.2) is 4.98 Å². The number of benzene rings is 1. The molecule has 20 heavy (non-hydrogen) atoms. The first-order valence-electron chi connectivity index (χ1n) is 6.16. The first-order chi connectivity index (χ1) is 9.38. The third-order valence-electron chi connectivity index (χ3n) is 3.06. The quantitative estimate of drug-likeness (QED) is 0.906. The Bertz CT molecular complexity index is 551. The highest BCUT2D eigenvalue weighted by atomic mass is 19.4. The summed E-state index contributed by atoms with van der Waals surface area (Å²) in [6, 6.07) is 4.93. The number of aromatic amines is 1. The minimum atomic E-state index is -4.33. The Kier molecular flexibility index (Phi) is 4.08. The zero-order valence-electron chi connectivity index (χ0n) is 11.1. The van der Waals surface area contributed by atoms with Gasteiger partial charge in [0.15, 0.2) is 0 Å². The third-order valence-corrected chi connectivity index (χ3v) is 3.06. The lowest BCUT2D eigenvalue weighted by atomic mass is 10.0. The zero-order valence-corrected chi connectivity index (χ0v) is 11.1. The van der Waals surface area contributed by atoms with Crippen LogP contribution in [0.3, 0.4) is 0 Å². The topological polar surface area (TPSA) is 53.6 Å². The lowest BCUT2D eigenvalue weighted by Gasteiger charge is -2.19. The van der Waals surface area contributed by atoms with Crippen LogP contribution in [0.4, 0.5) is 13.2 Å². The summed E-state index contributed by atoms with van der Waals surface area (Å²) in [6.45, 7) is 3.67. The van der Waals surface area contributed by atoms with Crippen LogP contribution in [0.25, 0.3) is 0 Å². The molecular formula is C13H15F3N4. The van der Waals surface area contributed by atoms with Crippen LogP contribution in [0.2, 0.25) is 0 Å². The third kappa shape index (κ3) is 3.36. The van der Waals surface area contributed by atoms with Gasteiger partial charge in [0.25, 0.3) is 0 Å². The fraction of sp³-hybridized carbons (Fsp3) is 0.385. The van der Waals surface area contributed by atoms with Crippen LogP contribution in [0, 0.1) is 0 Å². The number of alkyl halides is 3. The van der Waals surface area contributed by atoms with E-state index in [-0.39, 0.29) is 12.1 Å². The Morgan fingerprint density at radius 3 is 2.55 bits per heavy atom.